The van der Waals surface area contributed by atoms with Crippen LogP contribution in [0.5, 0.6) is 0 Å². The maximum Gasteiger partial charge on any atom is 0.123 e. The lowest BCUT2D eigenvalue weighted by Crippen LogP contribution is -2.42. The van der Waals surface area contributed by atoms with E-state index < -0.39 is 5.60 Å². The van der Waals surface area contributed by atoms with Crippen LogP contribution in [0.15, 0.2) is 48.8 Å². The number of aromatic nitrogens is 1. The second-order valence-corrected chi connectivity index (χ2v) is 7.25. The summed E-state index contributed by atoms with van der Waals surface area (Å²) in [7, 11) is 0. The number of halogens is 1. The van der Waals surface area contributed by atoms with Gasteiger partial charge in [-0.05, 0) is 54.5 Å². The molecule has 0 amide bonds. The standard InChI is InChI=1S/C20H23FN2O/c21-18-7-5-17(6-8-18)20(24)9-1-4-16-13-23(14-19(16)20)12-15-3-2-10-22-11-15/h2-3,5-8,10-11,16,19,24H,1,4,9,12-14H2/t16-,19-,20-/m0/s1. The Kier molecular flexibility index (Phi) is 4.10. The molecular formula is C20H23FN2O. The topological polar surface area (TPSA) is 36.4 Å². The van der Waals surface area contributed by atoms with Gasteiger partial charge in [-0.25, -0.2) is 4.39 Å². The predicted molar refractivity (Wildman–Crippen MR) is 90.6 cm³/mol. The Morgan fingerprint density at radius 2 is 2.04 bits per heavy atom. The van der Waals surface area contributed by atoms with Crippen LogP contribution in [0.1, 0.15) is 30.4 Å². The average molecular weight is 326 g/mol. The first-order chi connectivity index (χ1) is 11.6. The van der Waals surface area contributed by atoms with Crippen LogP contribution in [0.25, 0.3) is 0 Å². The van der Waals surface area contributed by atoms with E-state index in [-0.39, 0.29) is 11.7 Å². The number of nitrogens with zero attached hydrogens (tertiary/aromatic N) is 2. The molecule has 0 radical (unpaired) electrons. The number of rotatable bonds is 3. The van der Waals surface area contributed by atoms with Crippen molar-refractivity contribution < 1.29 is 9.50 Å². The molecule has 1 aromatic carbocycles. The smallest absolute Gasteiger partial charge is 0.123 e. The number of fused-ring (bicyclic) bond motifs is 1. The number of pyridine rings is 1. The highest BCUT2D eigenvalue weighted by molar-refractivity contribution is 5.26. The molecule has 2 fully saturated rings. The highest BCUT2D eigenvalue weighted by Gasteiger charge is 2.49. The lowest BCUT2D eigenvalue weighted by molar-refractivity contribution is -0.0648. The van der Waals surface area contributed by atoms with Gasteiger partial charge in [-0.3, -0.25) is 9.88 Å². The molecule has 2 heterocycles. The normalized spacial score (nSPS) is 30.2. The fourth-order valence-corrected chi connectivity index (χ4v) is 4.59. The molecule has 3 nitrogen and oxygen atoms in total. The second kappa shape index (κ2) is 6.26. The Hall–Kier alpha value is -1.78. The zero-order chi connectivity index (χ0) is 16.6. The van der Waals surface area contributed by atoms with Gasteiger partial charge in [0.25, 0.3) is 0 Å². The Morgan fingerprint density at radius 1 is 1.21 bits per heavy atom. The zero-order valence-electron chi connectivity index (χ0n) is 13.7. The van der Waals surface area contributed by atoms with E-state index in [0.717, 1.165) is 44.5 Å². The molecule has 126 valence electrons. The zero-order valence-corrected chi connectivity index (χ0v) is 13.7. The summed E-state index contributed by atoms with van der Waals surface area (Å²) in [6, 6.07) is 10.5. The predicted octanol–water partition coefficient (Wildman–Crippen LogP) is 3.34. The SMILES string of the molecule is O[C@]1(c2ccc(F)cc2)CCC[C@H]2CN(Cc3cccnc3)C[C@@H]21. The highest BCUT2D eigenvalue weighted by Crippen LogP contribution is 2.48. The van der Waals surface area contributed by atoms with Gasteiger partial charge in [-0.2, -0.15) is 0 Å². The van der Waals surface area contributed by atoms with Crippen molar-refractivity contribution in [3.63, 3.8) is 0 Å². The summed E-state index contributed by atoms with van der Waals surface area (Å²) >= 11 is 0. The van der Waals surface area contributed by atoms with Crippen LogP contribution in [0.2, 0.25) is 0 Å². The fourth-order valence-electron chi connectivity index (χ4n) is 4.59. The van der Waals surface area contributed by atoms with Crippen molar-refractivity contribution in [1.29, 1.82) is 0 Å². The van der Waals surface area contributed by atoms with E-state index >= 15 is 0 Å². The van der Waals surface area contributed by atoms with Gasteiger partial charge in [0.05, 0.1) is 5.60 Å². The summed E-state index contributed by atoms with van der Waals surface area (Å²) in [4.78, 5) is 6.61. The minimum Gasteiger partial charge on any atom is -0.385 e. The van der Waals surface area contributed by atoms with Crippen molar-refractivity contribution in [3.8, 4) is 0 Å². The minimum absolute atomic E-state index is 0.216. The Balaban J connectivity index is 1.55. The summed E-state index contributed by atoms with van der Waals surface area (Å²) in [6.07, 6.45) is 6.66. The first-order valence-electron chi connectivity index (χ1n) is 8.75. The fraction of sp³-hybridized carbons (Fsp3) is 0.450. The molecule has 1 aliphatic carbocycles. The quantitative estimate of drug-likeness (QED) is 0.940. The number of benzene rings is 1. The molecule has 1 saturated carbocycles. The maximum absolute atomic E-state index is 13.3. The minimum atomic E-state index is -0.833. The molecule has 0 unspecified atom stereocenters. The Morgan fingerprint density at radius 3 is 2.79 bits per heavy atom. The van der Waals surface area contributed by atoms with Gasteiger partial charge < -0.3 is 5.11 Å². The van der Waals surface area contributed by atoms with E-state index in [4.69, 9.17) is 0 Å². The highest BCUT2D eigenvalue weighted by atomic mass is 19.1. The molecule has 1 N–H and O–H groups in total. The molecule has 0 spiro atoms. The van der Waals surface area contributed by atoms with Crippen LogP contribution in [0.4, 0.5) is 4.39 Å². The Bertz CT molecular complexity index is 691. The lowest BCUT2D eigenvalue weighted by atomic mass is 9.67. The first-order valence-corrected chi connectivity index (χ1v) is 8.75. The number of likely N-dealkylation sites (tertiary alicyclic amines) is 1. The van der Waals surface area contributed by atoms with Crippen LogP contribution in [-0.4, -0.2) is 28.1 Å². The first kappa shape index (κ1) is 15.7. The third-order valence-electron chi connectivity index (χ3n) is 5.74. The summed E-state index contributed by atoms with van der Waals surface area (Å²) in [5, 5.41) is 11.4. The van der Waals surface area contributed by atoms with E-state index in [9.17, 15) is 9.50 Å². The molecule has 1 aliphatic heterocycles. The van der Waals surface area contributed by atoms with Gasteiger partial charge in [-0.15, -0.1) is 0 Å². The maximum atomic E-state index is 13.3. The molecule has 0 bridgehead atoms. The third kappa shape index (κ3) is 2.85. The third-order valence-corrected chi connectivity index (χ3v) is 5.74. The number of hydrogen-bond acceptors (Lipinski definition) is 3. The molecule has 4 rings (SSSR count). The van der Waals surface area contributed by atoms with Crippen molar-refractivity contribution in [2.24, 2.45) is 11.8 Å². The average Bonchev–Trinajstić information content (AvgIpc) is 3.00. The van der Waals surface area contributed by atoms with E-state index in [1.807, 2.05) is 12.3 Å². The number of hydrogen-bond donors (Lipinski definition) is 1. The van der Waals surface area contributed by atoms with Gasteiger partial charge in [0.15, 0.2) is 0 Å². The van der Waals surface area contributed by atoms with E-state index in [1.165, 1.54) is 17.7 Å². The van der Waals surface area contributed by atoms with Crippen molar-refractivity contribution in [2.75, 3.05) is 13.1 Å². The second-order valence-electron chi connectivity index (χ2n) is 7.25. The molecule has 4 heteroatoms. The molecular weight excluding hydrogens is 303 g/mol. The molecule has 1 aromatic heterocycles. The van der Waals surface area contributed by atoms with Gasteiger partial charge in [0, 0.05) is 37.9 Å². The molecule has 2 aliphatic rings. The van der Waals surface area contributed by atoms with Crippen LogP contribution in [0.3, 0.4) is 0 Å². The van der Waals surface area contributed by atoms with Gasteiger partial charge in [-0.1, -0.05) is 18.2 Å². The largest absolute Gasteiger partial charge is 0.385 e. The number of aliphatic hydroxyl groups is 1. The summed E-state index contributed by atoms with van der Waals surface area (Å²) in [5.74, 6) is 0.471. The summed E-state index contributed by atoms with van der Waals surface area (Å²) in [6.45, 7) is 2.77. The molecule has 1 saturated heterocycles. The van der Waals surface area contributed by atoms with Crippen LogP contribution in [0, 0.1) is 17.7 Å². The van der Waals surface area contributed by atoms with Crippen molar-refractivity contribution in [1.82, 2.24) is 9.88 Å². The van der Waals surface area contributed by atoms with E-state index in [1.54, 1.807) is 18.3 Å². The molecule has 24 heavy (non-hydrogen) atoms. The summed E-state index contributed by atoms with van der Waals surface area (Å²) < 4.78 is 13.3. The van der Waals surface area contributed by atoms with Crippen molar-refractivity contribution in [2.45, 2.75) is 31.4 Å². The van der Waals surface area contributed by atoms with Crippen LogP contribution >= 0.6 is 0 Å². The molecule has 3 atom stereocenters. The van der Waals surface area contributed by atoms with Crippen LogP contribution < -0.4 is 0 Å². The lowest BCUT2D eigenvalue weighted by Gasteiger charge is -2.41. The van der Waals surface area contributed by atoms with Crippen molar-refractivity contribution in [3.05, 3.63) is 65.7 Å². The van der Waals surface area contributed by atoms with Gasteiger partial charge in [0.2, 0.25) is 0 Å². The Labute approximate surface area is 142 Å². The monoisotopic (exact) mass is 326 g/mol. The van der Waals surface area contributed by atoms with E-state index in [2.05, 4.69) is 16.0 Å². The van der Waals surface area contributed by atoms with E-state index in [0.29, 0.717) is 5.92 Å². The molecule has 2 aromatic rings. The van der Waals surface area contributed by atoms with Gasteiger partial charge >= 0.3 is 0 Å². The van der Waals surface area contributed by atoms with Crippen LogP contribution in [-0.2, 0) is 12.1 Å². The van der Waals surface area contributed by atoms with Gasteiger partial charge in [0.1, 0.15) is 5.82 Å². The summed E-state index contributed by atoms with van der Waals surface area (Å²) in [5.41, 5.74) is 1.24. The van der Waals surface area contributed by atoms with Crippen molar-refractivity contribution >= 4 is 0 Å².